The first-order chi connectivity index (χ1) is 8.25. The highest BCUT2D eigenvalue weighted by Crippen LogP contribution is 2.13. The van der Waals surface area contributed by atoms with Gasteiger partial charge in [-0.3, -0.25) is 0 Å². The number of hydrogen-bond acceptors (Lipinski definition) is 3. The summed E-state index contributed by atoms with van der Waals surface area (Å²) in [7, 11) is 0. The smallest absolute Gasteiger partial charge is 0.0914 e. The van der Waals surface area contributed by atoms with Crippen molar-refractivity contribution in [2.24, 2.45) is 0 Å². The fraction of sp³-hybridized carbons (Fsp3) is 0.286. The lowest BCUT2D eigenvalue weighted by molar-refractivity contribution is 0.174. The monoisotopic (exact) mass is 247 g/mol. The lowest BCUT2D eigenvalue weighted by Gasteiger charge is -2.12. The number of rotatable bonds is 5. The Balaban J connectivity index is 1.81. The van der Waals surface area contributed by atoms with Crippen molar-refractivity contribution >= 4 is 11.3 Å². The van der Waals surface area contributed by atoms with Crippen molar-refractivity contribution < 1.29 is 5.11 Å². The van der Waals surface area contributed by atoms with Crippen molar-refractivity contribution in [3.63, 3.8) is 0 Å². The topological polar surface area (TPSA) is 32.3 Å². The van der Waals surface area contributed by atoms with Crippen LogP contribution < -0.4 is 5.32 Å². The zero-order valence-corrected chi connectivity index (χ0v) is 10.7. The predicted molar refractivity (Wildman–Crippen MR) is 72.2 cm³/mol. The van der Waals surface area contributed by atoms with Crippen molar-refractivity contribution in [1.82, 2.24) is 5.32 Å². The Morgan fingerprint density at radius 2 is 2.00 bits per heavy atom. The minimum atomic E-state index is -0.436. The van der Waals surface area contributed by atoms with Crippen LogP contribution in [0.5, 0.6) is 0 Å². The third kappa shape index (κ3) is 3.66. The van der Waals surface area contributed by atoms with Gasteiger partial charge in [0.15, 0.2) is 0 Å². The molecule has 1 aromatic heterocycles. The quantitative estimate of drug-likeness (QED) is 0.851. The van der Waals surface area contributed by atoms with E-state index in [0.717, 1.165) is 12.1 Å². The minimum absolute atomic E-state index is 0.436. The van der Waals surface area contributed by atoms with Crippen LogP contribution in [0.2, 0.25) is 0 Å². The molecule has 1 atom stereocenters. The molecule has 0 aliphatic heterocycles. The van der Waals surface area contributed by atoms with E-state index in [1.807, 2.05) is 31.2 Å². The van der Waals surface area contributed by atoms with E-state index in [4.69, 9.17) is 0 Å². The minimum Gasteiger partial charge on any atom is -0.387 e. The summed E-state index contributed by atoms with van der Waals surface area (Å²) in [4.78, 5) is 0. The zero-order chi connectivity index (χ0) is 12.1. The zero-order valence-electron chi connectivity index (χ0n) is 9.89. The number of aryl methyl sites for hydroxylation is 1. The third-order valence-corrected chi connectivity index (χ3v) is 3.44. The van der Waals surface area contributed by atoms with E-state index >= 15 is 0 Å². The van der Waals surface area contributed by atoms with Crippen LogP contribution in [0.4, 0.5) is 0 Å². The number of aliphatic hydroxyl groups excluding tert-OH is 1. The SMILES string of the molecule is Cc1ccc(C(O)CNCc2ccsc2)cc1. The predicted octanol–water partition coefficient (Wildman–Crippen LogP) is 2.88. The van der Waals surface area contributed by atoms with Crippen LogP contribution in [0.25, 0.3) is 0 Å². The highest BCUT2D eigenvalue weighted by atomic mass is 32.1. The molecule has 90 valence electrons. The molecule has 0 aliphatic rings. The number of nitrogens with one attached hydrogen (secondary N) is 1. The van der Waals surface area contributed by atoms with Crippen LogP contribution in [0.1, 0.15) is 22.8 Å². The van der Waals surface area contributed by atoms with Crippen molar-refractivity contribution in [1.29, 1.82) is 0 Å². The standard InChI is InChI=1S/C14H17NOS/c1-11-2-4-13(5-3-11)14(16)9-15-8-12-6-7-17-10-12/h2-7,10,14-16H,8-9H2,1H3. The van der Waals surface area contributed by atoms with Gasteiger partial charge in [0.25, 0.3) is 0 Å². The highest BCUT2D eigenvalue weighted by Gasteiger charge is 2.06. The molecule has 2 aromatic rings. The molecule has 1 unspecified atom stereocenters. The molecular formula is C14H17NOS. The van der Waals surface area contributed by atoms with Crippen LogP contribution in [-0.4, -0.2) is 11.7 Å². The maximum Gasteiger partial charge on any atom is 0.0914 e. The van der Waals surface area contributed by atoms with Gasteiger partial charge in [0.2, 0.25) is 0 Å². The van der Waals surface area contributed by atoms with Crippen LogP contribution in [0.3, 0.4) is 0 Å². The Morgan fingerprint density at radius 3 is 2.65 bits per heavy atom. The molecular weight excluding hydrogens is 230 g/mol. The Morgan fingerprint density at radius 1 is 1.24 bits per heavy atom. The van der Waals surface area contributed by atoms with E-state index in [-0.39, 0.29) is 0 Å². The van der Waals surface area contributed by atoms with Crippen molar-refractivity contribution in [3.05, 3.63) is 57.8 Å². The van der Waals surface area contributed by atoms with E-state index in [2.05, 4.69) is 22.1 Å². The maximum atomic E-state index is 9.98. The van der Waals surface area contributed by atoms with Gasteiger partial charge in [-0.15, -0.1) is 0 Å². The van der Waals surface area contributed by atoms with Gasteiger partial charge in [-0.2, -0.15) is 11.3 Å². The molecule has 0 bridgehead atoms. The van der Waals surface area contributed by atoms with Crippen molar-refractivity contribution in [3.8, 4) is 0 Å². The Bertz CT molecular complexity index is 436. The average Bonchev–Trinajstić information content (AvgIpc) is 2.83. The summed E-state index contributed by atoms with van der Waals surface area (Å²) in [5.74, 6) is 0. The number of hydrogen-bond donors (Lipinski definition) is 2. The molecule has 2 N–H and O–H groups in total. The first-order valence-electron chi connectivity index (χ1n) is 5.72. The van der Waals surface area contributed by atoms with Gasteiger partial charge in [-0.25, -0.2) is 0 Å². The second kappa shape index (κ2) is 5.96. The van der Waals surface area contributed by atoms with Crippen LogP contribution in [0.15, 0.2) is 41.1 Å². The molecule has 0 fully saturated rings. The number of thiophene rings is 1. The molecule has 3 heteroatoms. The Hall–Kier alpha value is -1.16. The van der Waals surface area contributed by atoms with Crippen LogP contribution >= 0.6 is 11.3 Å². The normalized spacial score (nSPS) is 12.6. The summed E-state index contributed by atoms with van der Waals surface area (Å²) < 4.78 is 0. The summed E-state index contributed by atoms with van der Waals surface area (Å²) in [6, 6.07) is 10.1. The second-order valence-corrected chi connectivity index (χ2v) is 4.97. The molecule has 17 heavy (non-hydrogen) atoms. The van der Waals surface area contributed by atoms with E-state index in [0.29, 0.717) is 6.54 Å². The van der Waals surface area contributed by atoms with E-state index in [1.165, 1.54) is 11.1 Å². The van der Waals surface area contributed by atoms with Gasteiger partial charge in [0, 0.05) is 13.1 Å². The van der Waals surface area contributed by atoms with Gasteiger partial charge in [-0.1, -0.05) is 29.8 Å². The summed E-state index contributed by atoms with van der Waals surface area (Å²) in [5, 5.41) is 17.4. The van der Waals surface area contributed by atoms with Gasteiger partial charge < -0.3 is 10.4 Å². The van der Waals surface area contributed by atoms with Gasteiger partial charge >= 0.3 is 0 Å². The van der Waals surface area contributed by atoms with Gasteiger partial charge in [0.1, 0.15) is 0 Å². The van der Waals surface area contributed by atoms with Crippen LogP contribution in [0, 0.1) is 6.92 Å². The van der Waals surface area contributed by atoms with E-state index in [1.54, 1.807) is 11.3 Å². The lowest BCUT2D eigenvalue weighted by atomic mass is 10.1. The molecule has 0 amide bonds. The van der Waals surface area contributed by atoms with Crippen molar-refractivity contribution in [2.75, 3.05) is 6.54 Å². The van der Waals surface area contributed by atoms with Crippen LogP contribution in [-0.2, 0) is 6.54 Å². The van der Waals surface area contributed by atoms with E-state index < -0.39 is 6.10 Å². The summed E-state index contributed by atoms with van der Waals surface area (Å²) in [6.45, 7) is 3.44. The molecule has 1 heterocycles. The number of benzene rings is 1. The molecule has 2 nitrogen and oxygen atoms in total. The van der Waals surface area contributed by atoms with Crippen molar-refractivity contribution in [2.45, 2.75) is 19.6 Å². The molecule has 0 saturated carbocycles. The number of aliphatic hydroxyl groups is 1. The fourth-order valence-electron chi connectivity index (χ4n) is 1.65. The Kier molecular flexibility index (Phi) is 4.31. The molecule has 0 radical (unpaired) electrons. The average molecular weight is 247 g/mol. The maximum absolute atomic E-state index is 9.98. The summed E-state index contributed by atoms with van der Waals surface area (Å²) >= 11 is 1.69. The first kappa shape index (κ1) is 12.3. The molecule has 0 saturated heterocycles. The van der Waals surface area contributed by atoms with E-state index in [9.17, 15) is 5.11 Å². The van der Waals surface area contributed by atoms with Gasteiger partial charge in [0.05, 0.1) is 6.10 Å². The lowest BCUT2D eigenvalue weighted by Crippen LogP contribution is -2.20. The largest absolute Gasteiger partial charge is 0.387 e. The third-order valence-electron chi connectivity index (χ3n) is 2.71. The Labute approximate surface area is 106 Å². The molecule has 2 rings (SSSR count). The van der Waals surface area contributed by atoms with Gasteiger partial charge in [-0.05, 0) is 34.9 Å². The summed E-state index contributed by atoms with van der Waals surface area (Å²) in [6.07, 6.45) is -0.436. The second-order valence-electron chi connectivity index (χ2n) is 4.19. The molecule has 0 aliphatic carbocycles. The fourth-order valence-corrected chi connectivity index (χ4v) is 2.32. The first-order valence-corrected chi connectivity index (χ1v) is 6.66. The molecule has 0 spiro atoms. The highest BCUT2D eigenvalue weighted by molar-refractivity contribution is 7.07. The molecule has 1 aromatic carbocycles. The summed E-state index contributed by atoms with van der Waals surface area (Å²) in [5.41, 5.74) is 3.45.